The Morgan fingerprint density at radius 3 is 2.56 bits per heavy atom. The SMILES string of the molecule is C/C=C/CN1C(=O)C(C)(C)NC(=O)C1C(C)CC. The van der Waals surface area contributed by atoms with Gasteiger partial charge in [-0.3, -0.25) is 9.59 Å². The Morgan fingerprint density at radius 1 is 1.44 bits per heavy atom. The summed E-state index contributed by atoms with van der Waals surface area (Å²) in [6.45, 7) is 9.97. The van der Waals surface area contributed by atoms with Gasteiger partial charge in [-0.25, -0.2) is 0 Å². The molecule has 1 fully saturated rings. The van der Waals surface area contributed by atoms with Gasteiger partial charge >= 0.3 is 0 Å². The lowest BCUT2D eigenvalue weighted by Gasteiger charge is -2.44. The van der Waals surface area contributed by atoms with E-state index in [0.29, 0.717) is 6.54 Å². The van der Waals surface area contributed by atoms with Crippen LogP contribution in [-0.2, 0) is 9.59 Å². The molecule has 0 aliphatic carbocycles. The van der Waals surface area contributed by atoms with E-state index in [-0.39, 0.29) is 23.8 Å². The molecule has 2 unspecified atom stereocenters. The molecule has 1 saturated heterocycles. The van der Waals surface area contributed by atoms with Gasteiger partial charge in [-0.15, -0.1) is 0 Å². The summed E-state index contributed by atoms with van der Waals surface area (Å²) in [5, 5.41) is 2.82. The Kier molecular flexibility index (Phi) is 4.54. The fraction of sp³-hybridized carbons (Fsp3) is 0.714. The summed E-state index contributed by atoms with van der Waals surface area (Å²) in [5.74, 6) is 0.110. The molecule has 1 aliphatic rings. The molecule has 0 aromatic heterocycles. The van der Waals surface area contributed by atoms with E-state index in [1.165, 1.54) is 0 Å². The zero-order chi connectivity index (χ0) is 13.9. The molecular formula is C14H24N2O2. The molecule has 0 saturated carbocycles. The summed E-state index contributed by atoms with van der Waals surface area (Å²) < 4.78 is 0. The fourth-order valence-electron chi connectivity index (χ4n) is 2.27. The van der Waals surface area contributed by atoms with Gasteiger partial charge in [-0.05, 0) is 26.7 Å². The maximum absolute atomic E-state index is 12.4. The van der Waals surface area contributed by atoms with E-state index in [0.717, 1.165) is 6.42 Å². The highest BCUT2D eigenvalue weighted by Gasteiger charge is 2.46. The normalized spacial score (nSPS) is 25.4. The Morgan fingerprint density at radius 2 is 2.06 bits per heavy atom. The van der Waals surface area contributed by atoms with Crippen LogP contribution >= 0.6 is 0 Å². The van der Waals surface area contributed by atoms with E-state index in [2.05, 4.69) is 5.32 Å². The topological polar surface area (TPSA) is 49.4 Å². The van der Waals surface area contributed by atoms with Crippen LogP contribution in [0.3, 0.4) is 0 Å². The second-order valence-corrected chi connectivity index (χ2v) is 5.47. The van der Waals surface area contributed by atoms with Crippen LogP contribution < -0.4 is 5.32 Å². The van der Waals surface area contributed by atoms with Crippen LogP contribution in [0, 0.1) is 5.92 Å². The molecule has 1 heterocycles. The van der Waals surface area contributed by atoms with Crippen molar-refractivity contribution in [3.8, 4) is 0 Å². The summed E-state index contributed by atoms with van der Waals surface area (Å²) in [6, 6.07) is -0.355. The Labute approximate surface area is 109 Å². The van der Waals surface area contributed by atoms with Crippen molar-refractivity contribution < 1.29 is 9.59 Å². The van der Waals surface area contributed by atoms with Gasteiger partial charge in [0.1, 0.15) is 11.6 Å². The van der Waals surface area contributed by atoms with Crippen LogP contribution in [0.25, 0.3) is 0 Å². The van der Waals surface area contributed by atoms with Gasteiger partial charge in [-0.2, -0.15) is 0 Å². The highest BCUT2D eigenvalue weighted by atomic mass is 16.2. The number of allylic oxidation sites excluding steroid dienone is 1. The first-order chi connectivity index (χ1) is 8.35. The van der Waals surface area contributed by atoms with E-state index >= 15 is 0 Å². The lowest BCUT2D eigenvalue weighted by molar-refractivity contribution is -0.154. The third-order valence-electron chi connectivity index (χ3n) is 3.56. The Bertz CT molecular complexity index is 361. The summed E-state index contributed by atoms with van der Waals surface area (Å²) in [6.07, 6.45) is 4.69. The van der Waals surface area contributed by atoms with Crippen LogP contribution in [0.15, 0.2) is 12.2 Å². The first kappa shape index (κ1) is 14.7. The lowest BCUT2D eigenvalue weighted by atomic mass is 9.89. The molecule has 0 bridgehead atoms. The Hall–Kier alpha value is -1.32. The molecule has 1 rings (SSSR count). The number of piperazine rings is 1. The van der Waals surface area contributed by atoms with Gasteiger partial charge in [0.25, 0.3) is 0 Å². The number of nitrogens with one attached hydrogen (secondary N) is 1. The number of amides is 2. The predicted molar refractivity (Wildman–Crippen MR) is 72.0 cm³/mol. The second-order valence-electron chi connectivity index (χ2n) is 5.47. The second kappa shape index (κ2) is 5.55. The van der Waals surface area contributed by atoms with E-state index in [1.54, 1.807) is 18.7 Å². The highest BCUT2D eigenvalue weighted by Crippen LogP contribution is 2.24. The molecule has 4 heteroatoms. The van der Waals surface area contributed by atoms with E-state index in [9.17, 15) is 9.59 Å². The maximum atomic E-state index is 12.4. The molecule has 0 aromatic carbocycles. The van der Waals surface area contributed by atoms with Gasteiger partial charge in [-0.1, -0.05) is 32.4 Å². The predicted octanol–water partition coefficient (Wildman–Crippen LogP) is 1.71. The molecule has 0 aromatic rings. The zero-order valence-electron chi connectivity index (χ0n) is 12.0. The quantitative estimate of drug-likeness (QED) is 0.774. The fourth-order valence-corrected chi connectivity index (χ4v) is 2.27. The highest BCUT2D eigenvalue weighted by molar-refractivity contribution is 5.99. The largest absolute Gasteiger partial charge is 0.340 e. The molecule has 1 aliphatic heterocycles. The van der Waals surface area contributed by atoms with E-state index in [4.69, 9.17) is 0 Å². The number of hydrogen-bond acceptors (Lipinski definition) is 2. The molecule has 0 spiro atoms. The van der Waals surface area contributed by atoms with E-state index in [1.807, 2.05) is 32.9 Å². The molecule has 2 amide bonds. The van der Waals surface area contributed by atoms with Crippen molar-refractivity contribution in [1.29, 1.82) is 0 Å². The molecule has 102 valence electrons. The standard InChI is InChI=1S/C14H24N2O2/c1-6-8-9-16-11(10(3)7-2)12(17)15-14(4,5)13(16)18/h6,8,10-11H,7,9H2,1-5H3,(H,15,17)/b8-6+. The van der Waals surface area contributed by atoms with Crippen molar-refractivity contribution in [2.45, 2.75) is 52.6 Å². The first-order valence-corrected chi connectivity index (χ1v) is 6.59. The molecule has 1 N–H and O–H groups in total. The van der Waals surface area contributed by atoms with Crippen LogP contribution in [-0.4, -0.2) is 34.8 Å². The number of nitrogens with zero attached hydrogens (tertiary/aromatic N) is 1. The smallest absolute Gasteiger partial charge is 0.248 e. The minimum atomic E-state index is -0.803. The zero-order valence-corrected chi connectivity index (χ0v) is 12.0. The Balaban J connectivity index is 3.06. The van der Waals surface area contributed by atoms with Crippen molar-refractivity contribution >= 4 is 11.8 Å². The van der Waals surface area contributed by atoms with Crippen LogP contribution in [0.2, 0.25) is 0 Å². The minimum Gasteiger partial charge on any atom is -0.340 e. The minimum absolute atomic E-state index is 0.00880. The van der Waals surface area contributed by atoms with Crippen molar-refractivity contribution in [3.05, 3.63) is 12.2 Å². The number of carbonyl (C=O) groups excluding carboxylic acids is 2. The molecule has 2 atom stereocenters. The average Bonchev–Trinajstić information content (AvgIpc) is 2.30. The average molecular weight is 252 g/mol. The first-order valence-electron chi connectivity index (χ1n) is 6.59. The lowest BCUT2D eigenvalue weighted by Crippen LogP contribution is -2.69. The van der Waals surface area contributed by atoms with Crippen LogP contribution in [0.1, 0.15) is 41.0 Å². The molecule has 4 nitrogen and oxygen atoms in total. The van der Waals surface area contributed by atoms with Crippen LogP contribution in [0.5, 0.6) is 0 Å². The van der Waals surface area contributed by atoms with Gasteiger partial charge in [0.15, 0.2) is 0 Å². The van der Waals surface area contributed by atoms with Crippen molar-refractivity contribution in [2.75, 3.05) is 6.54 Å². The molecule has 18 heavy (non-hydrogen) atoms. The van der Waals surface area contributed by atoms with E-state index < -0.39 is 5.54 Å². The summed E-state index contributed by atoms with van der Waals surface area (Å²) >= 11 is 0. The maximum Gasteiger partial charge on any atom is 0.248 e. The summed E-state index contributed by atoms with van der Waals surface area (Å²) in [5.41, 5.74) is -0.803. The number of hydrogen-bond donors (Lipinski definition) is 1. The summed E-state index contributed by atoms with van der Waals surface area (Å²) in [7, 11) is 0. The van der Waals surface area contributed by atoms with Crippen molar-refractivity contribution in [1.82, 2.24) is 10.2 Å². The number of rotatable bonds is 4. The van der Waals surface area contributed by atoms with Gasteiger partial charge < -0.3 is 10.2 Å². The molecular weight excluding hydrogens is 228 g/mol. The number of carbonyl (C=O) groups is 2. The van der Waals surface area contributed by atoms with Crippen molar-refractivity contribution in [3.63, 3.8) is 0 Å². The third kappa shape index (κ3) is 2.74. The van der Waals surface area contributed by atoms with Gasteiger partial charge in [0, 0.05) is 6.54 Å². The van der Waals surface area contributed by atoms with Crippen molar-refractivity contribution in [2.24, 2.45) is 5.92 Å². The summed E-state index contributed by atoms with van der Waals surface area (Å²) in [4.78, 5) is 26.3. The van der Waals surface area contributed by atoms with Crippen LogP contribution in [0.4, 0.5) is 0 Å². The molecule has 0 radical (unpaired) electrons. The third-order valence-corrected chi connectivity index (χ3v) is 3.56. The monoisotopic (exact) mass is 252 g/mol. The van der Waals surface area contributed by atoms with Gasteiger partial charge in [0.05, 0.1) is 0 Å². The van der Waals surface area contributed by atoms with Gasteiger partial charge in [0.2, 0.25) is 11.8 Å².